The van der Waals surface area contributed by atoms with Crippen molar-refractivity contribution in [3.05, 3.63) is 0 Å². The summed E-state index contributed by atoms with van der Waals surface area (Å²) >= 11 is 0. The van der Waals surface area contributed by atoms with E-state index in [-0.39, 0.29) is 11.6 Å². The molecule has 0 radical (unpaired) electrons. The van der Waals surface area contributed by atoms with Crippen molar-refractivity contribution in [3.8, 4) is 0 Å². The van der Waals surface area contributed by atoms with Gasteiger partial charge >= 0.3 is 5.97 Å². The van der Waals surface area contributed by atoms with Crippen molar-refractivity contribution in [2.75, 3.05) is 0 Å². The first kappa shape index (κ1) is 11.5. The van der Waals surface area contributed by atoms with Crippen molar-refractivity contribution in [3.63, 3.8) is 0 Å². The van der Waals surface area contributed by atoms with Crippen molar-refractivity contribution in [1.29, 1.82) is 0 Å². The lowest BCUT2D eigenvalue weighted by molar-refractivity contribution is -0.140. The van der Waals surface area contributed by atoms with E-state index in [2.05, 4.69) is 26.1 Å². The molecule has 0 saturated heterocycles. The molecule has 1 aliphatic carbocycles. The molecule has 0 heterocycles. The second kappa shape index (κ2) is 4.30. The fourth-order valence-electron chi connectivity index (χ4n) is 1.93. The van der Waals surface area contributed by atoms with Gasteiger partial charge in [0.2, 0.25) is 0 Å². The molecule has 0 spiro atoms. The Bertz CT molecular complexity index is 209. The highest BCUT2D eigenvalue weighted by Crippen LogP contribution is 2.34. The Hall–Kier alpha value is -0.570. The van der Waals surface area contributed by atoms with Gasteiger partial charge in [-0.25, -0.2) is 0 Å². The average molecular weight is 199 g/mol. The highest BCUT2D eigenvalue weighted by molar-refractivity contribution is 5.74. The van der Waals surface area contributed by atoms with Crippen molar-refractivity contribution < 1.29 is 9.90 Å². The molecule has 14 heavy (non-hydrogen) atoms. The van der Waals surface area contributed by atoms with E-state index < -0.39 is 5.97 Å². The van der Waals surface area contributed by atoms with Crippen LogP contribution in [0.1, 0.15) is 46.5 Å². The second-order valence-corrected chi connectivity index (χ2v) is 4.93. The fourth-order valence-corrected chi connectivity index (χ4v) is 1.93. The largest absolute Gasteiger partial charge is 0.480 e. The zero-order valence-electron chi connectivity index (χ0n) is 9.34. The zero-order valence-corrected chi connectivity index (χ0v) is 9.34. The summed E-state index contributed by atoms with van der Waals surface area (Å²) in [7, 11) is 0. The molecule has 0 bridgehead atoms. The predicted molar refractivity (Wildman–Crippen MR) is 56.3 cm³/mol. The lowest BCUT2D eigenvalue weighted by Crippen LogP contribution is -2.50. The first-order valence-corrected chi connectivity index (χ1v) is 5.47. The molecule has 0 aromatic carbocycles. The summed E-state index contributed by atoms with van der Waals surface area (Å²) in [5.74, 6) is -0.333. The number of rotatable bonds is 6. The lowest BCUT2D eigenvalue weighted by atomic mass is 9.96. The van der Waals surface area contributed by atoms with Crippen LogP contribution in [0.2, 0.25) is 0 Å². The van der Waals surface area contributed by atoms with E-state index in [0.717, 1.165) is 25.7 Å². The van der Waals surface area contributed by atoms with Crippen LogP contribution >= 0.6 is 0 Å². The number of aliphatic carboxylic acids is 1. The summed E-state index contributed by atoms with van der Waals surface area (Å²) in [4.78, 5) is 11.0. The number of hydrogen-bond acceptors (Lipinski definition) is 2. The van der Waals surface area contributed by atoms with Gasteiger partial charge in [-0.05, 0) is 39.0 Å². The summed E-state index contributed by atoms with van der Waals surface area (Å²) in [5, 5.41) is 12.3. The Morgan fingerprint density at radius 3 is 2.50 bits per heavy atom. The van der Waals surface area contributed by atoms with Crippen LogP contribution in [0.4, 0.5) is 0 Å². The molecule has 1 atom stereocenters. The highest BCUT2D eigenvalue weighted by Gasteiger charge is 2.38. The van der Waals surface area contributed by atoms with Gasteiger partial charge in [-0.2, -0.15) is 0 Å². The molecule has 1 unspecified atom stereocenters. The summed E-state index contributed by atoms with van der Waals surface area (Å²) < 4.78 is 0. The van der Waals surface area contributed by atoms with E-state index >= 15 is 0 Å². The topological polar surface area (TPSA) is 49.3 Å². The van der Waals surface area contributed by atoms with Crippen molar-refractivity contribution in [2.45, 2.75) is 58.0 Å². The molecule has 82 valence electrons. The van der Waals surface area contributed by atoms with Crippen molar-refractivity contribution in [1.82, 2.24) is 5.32 Å². The van der Waals surface area contributed by atoms with E-state index in [1.807, 2.05) is 0 Å². The maximum Gasteiger partial charge on any atom is 0.320 e. The average Bonchev–Trinajstić information content (AvgIpc) is 2.82. The maximum atomic E-state index is 11.0. The van der Waals surface area contributed by atoms with Gasteiger partial charge < -0.3 is 5.11 Å². The number of hydrogen-bond donors (Lipinski definition) is 2. The number of carboxylic acid groups (broad SMARTS) is 1. The molecule has 0 aromatic heterocycles. The smallest absolute Gasteiger partial charge is 0.320 e. The third-order valence-electron chi connectivity index (χ3n) is 2.78. The van der Waals surface area contributed by atoms with Crippen LogP contribution in [0.3, 0.4) is 0 Å². The van der Waals surface area contributed by atoms with Crippen LogP contribution in [0.5, 0.6) is 0 Å². The normalized spacial score (nSPS) is 19.4. The minimum Gasteiger partial charge on any atom is -0.480 e. The molecule has 0 aliphatic heterocycles. The fraction of sp³-hybridized carbons (Fsp3) is 0.909. The van der Waals surface area contributed by atoms with Gasteiger partial charge in [0.05, 0.1) is 0 Å². The number of carbonyl (C=O) groups is 1. The molecule has 1 rings (SSSR count). The van der Waals surface area contributed by atoms with Gasteiger partial charge in [-0.1, -0.05) is 13.3 Å². The van der Waals surface area contributed by atoms with Crippen LogP contribution in [-0.2, 0) is 4.79 Å². The summed E-state index contributed by atoms with van der Waals surface area (Å²) in [6, 6.07) is -0.337. The van der Waals surface area contributed by atoms with Crippen LogP contribution < -0.4 is 5.32 Å². The quantitative estimate of drug-likeness (QED) is 0.688. The Morgan fingerprint density at radius 2 is 2.14 bits per heavy atom. The monoisotopic (exact) mass is 199 g/mol. The molecule has 1 saturated carbocycles. The van der Waals surface area contributed by atoms with Gasteiger partial charge in [0.1, 0.15) is 6.04 Å². The third-order valence-corrected chi connectivity index (χ3v) is 2.78. The molecule has 0 aromatic rings. The minimum atomic E-state index is -0.698. The van der Waals surface area contributed by atoms with Gasteiger partial charge in [-0.3, -0.25) is 10.1 Å². The Kier molecular flexibility index (Phi) is 3.53. The highest BCUT2D eigenvalue weighted by atomic mass is 16.4. The van der Waals surface area contributed by atoms with Crippen LogP contribution in [0, 0.1) is 5.92 Å². The Morgan fingerprint density at radius 1 is 1.57 bits per heavy atom. The maximum absolute atomic E-state index is 11.0. The molecule has 3 nitrogen and oxygen atoms in total. The van der Waals surface area contributed by atoms with Gasteiger partial charge in [0, 0.05) is 5.54 Å². The first-order chi connectivity index (χ1) is 6.46. The van der Waals surface area contributed by atoms with Gasteiger partial charge in [0.15, 0.2) is 0 Å². The molecule has 2 N–H and O–H groups in total. The SMILES string of the molecule is CCCC(C)(C)NC(C(=O)O)C1CC1. The second-order valence-electron chi connectivity index (χ2n) is 4.93. The summed E-state index contributed by atoms with van der Waals surface area (Å²) in [6.07, 6.45) is 4.22. The van der Waals surface area contributed by atoms with E-state index in [4.69, 9.17) is 5.11 Å². The van der Waals surface area contributed by atoms with Crippen LogP contribution in [-0.4, -0.2) is 22.7 Å². The number of carboxylic acids is 1. The van der Waals surface area contributed by atoms with Crippen LogP contribution in [0.15, 0.2) is 0 Å². The van der Waals surface area contributed by atoms with E-state index in [1.54, 1.807) is 0 Å². The summed E-state index contributed by atoms with van der Waals surface area (Å²) in [6.45, 7) is 6.28. The third kappa shape index (κ3) is 3.29. The van der Waals surface area contributed by atoms with E-state index in [9.17, 15) is 4.79 Å². The summed E-state index contributed by atoms with van der Waals surface area (Å²) in [5.41, 5.74) is -0.0552. The first-order valence-electron chi connectivity index (χ1n) is 5.47. The molecule has 1 aliphatic rings. The van der Waals surface area contributed by atoms with Gasteiger partial charge in [-0.15, -0.1) is 0 Å². The van der Waals surface area contributed by atoms with Crippen molar-refractivity contribution in [2.24, 2.45) is 5.92 Å². The predicted octanol–water partition coefficient (Wildman–Crippen LogP) is 2.02. The van der Waals surface area contributed by atoms with Crippen molar-refractivity contribution >= 4 is 5.97 Å². The lowest BCUT2D eigenvalue weighted by Gasteiger charge is -2.29. The zero-order chi connectivity index (χ0) is 10.8. The minimum absolute atomic E-state index is 0.0552. The Labute approximate surface area is 85.9 Å². The molecule has 1 fully saturated rings. The Balaban J connectivity index is 2.49. The standard InChI is InChI=1S/C11H21NO2/c1-4-7-11(2,3)12-9(10(13)14)8-5-6-8/h8-9,12H,4-7H2,1-3H3,(H,13,14). The number of nitrogens with one attached hydrogen (secondary N) is 1. The van der Waals surface area contributed by atoms with E-state index in [0.29, 0.717) is 5.92 Å². The molecule has 3 heteroatoms. The molecular formula is C11H21NO2. The van der Waals surface area contributed by atoms with E-state index in [1.165, 1.54) is 0 Å². The molecule has 0 amide bonds. The molecular weight excluding hydrogens is 178 g/mol. The van der Waals surface area contributed by atoms with Gasteiger partial charge in [0.25, 0.3) is 0 Å². The van der Waals surface area contributed by atoms with Crippen LogP contribution in [0.25, 0.3) is 0 Å².